The van der Waals surface area contributed by atoms with Crippen LogP contribution in [0, 0.1) is 11.8 Å². The van der Waals surface area contributed by atoms with E-state index in [1.54, 1.807) is 7.11 Å². The van der Waals surface area contributed by atoms with Crippen LogP contribution in [-0.4, -0.2) is 31.7 Å². The fourth-order valence-corrected chi connectivity index (χ4v) is 2.68. The van der Waals surface area contributed by atoms with Crippen LogP contribution in [0.4, 0.5) is 0 Å². The van der Waals surface area contributed by atoms with Gasteiger partial charge in [0.2, 0.25) is 5.91 Å². The van der Waals surface area contributed by atoms with Crippen molar-refractivity contribution in [1.29, 1.82) is 0 Å². The molecule has 0 aromatic rings. The van der Waals surface area contributed by atoms with E-state index in [0.29, 0.717) is 12.5 Å². The maximum atomic E-state index is 12.1. The van der Waals surface area contributed by atoms with E-state index in [1.165, 1.54) is 0 Å². The first-order valence-electron chi connectivity index (χ1n) is 7.09. The zero-order valence-corrected chi connectivity index (χ0v) is 11.9. The van der Waals surface area contributed by atoms with Gasteiger partial charge in [-0.1, -0.05) is 13.3 Å². The molecule has 0 radical (unpaired) electrons. The lowest BCUT2D eigenvalue weighted by Gasteiger charge is -2.31. The SMILES string of the molecule is COCCC(C)NC(=O)C(C)C1CCCC(N)C1. The Labute approximate surface area is 111 Å². The number of amides is 1. The third-order valence-corrected chi connectivity index (χ3v) is 4.02. The molecule has 0 spiro atoms. The molecule has 4 unspecified atom stereocenters. The molecule has 1 amide bonds. The minimum atomic E-state index is 0.0707. The zero-order chi connectivity index (χ0) is 13.5. The third kappa shape index (κ3) is 4.94. The predicted molar refractivity (Wildman–Crippen MR) is 73.2 cm³/mol. The van der Waals surface area contributed by atoms with Gasteiger partial charge < -0.3 is 15.8 Å². The zero-order valence-electron chi connectivity index (χ0n) is 11.9. The predicted octanol–water partition coefficient (Wildman–Crippen LogP) is 1.68. The minimum absolute atomic E-state index is 0.0707. The number of carbonyl (C=O) groups is 1. The number of ether oxygens (including phenoxy) is 1. The highest BCUT2D eigenvalue weighted by atomic mass is 16.5. The van der Waals surface area contributed by atoms with Gasteiger partial charge in [-0.2, -0.15) is 0 Å². The van der Waals surface area contributed by atoms with Crippen molar-refractivity contribution in [1.82, 2.24) is 5.32 Å². The molecule has 1 fully saturated rings. The molecule has 1 saturated carbocycles. The Bertz CT molecular complexity index is 258. The molecule has 1 aliphatic carbocycles. The molecule has 1 aliphatic rings. The summed E-state index contributed by atoms with van der Waals surface area (Å²) in [6, 6.07) is 0.460. The van der Waals surface area contributed by atoms with Gasteiger partial charge in [-0.25, -0.2) is 0 Å². The van der Waals surface area contributed by atoms with Crippen LogP contribution in [0.5, 0.6) is 0 Å². The van der Waals surface area contributed by atoms with Gasteiger partial charge in [0, 0.05) is 31.7 Å². The number of hydrogen-bond acceptors (Lipinski definition) is 3. The van der Waals surface area contributed by atoms with Crippen molar-refractivity contribution in [2.24, 2.45) is 17.6 Å². The molecular weight excluding hydrogens is 228 g/mol. The second-order valence-corrected chi connectivity index (χ2v) is 5.67. The van der Waals surface area contributed by atoms with Gasteiger partial charge in [0.1, 0.15) is 0 Å². The first-order valence-corrected chi connectivity index (χ1v) is 7.09. The molecule has 0 aliphatic heterocycles. The minimum Gasteiger partial charge on any atom is -0.385 e. The molecule has 106 valence electrons. The maximum Gasteiger partial charge on any atom is 0.223 e. The third-order valence-electron chi connectivity index (χ3n) is 4.02. The van der Waals surface area contributed by atoms with Crippen molar-refractivity contribution >= 4 is 5.91 Å². The fraction of sp³-hybridized carbons (Fsp3) is 0.929. The van der Waals surface area contributed by atoms with E-state index in [9.17, 15) is 4.79 Å². The lowest BCUT2D eigenvalue weighted by molar-refractivity contribution is -0.127. The van der Waals surface area contributed by atoms with Gasteiger partial charge in [0.15, 0.2) is 0 Å². The lowest BCUT2D eigenvalue weighted by Crippen LogP contribution is -2.41. The second-order valence-electron chi connectivity index (χ2n) is 5.67. The molecule has 0 saturated heterocycles. The van der Waals surface area contributed by atoms with Crippen LogP contribution in [0.15, 0.2) is 0 Å². The van der Waals surface area contributed by atoms with Gasteiger partial charge in [-0.05, 0) is 38.5 Å². The highest BCUT2D eigenvalue weighted by molar-refractivity contribution is 5.78. The number of nitrogens with two attached hydrogens (primary N) is 1. The van der Waals surface area contributed by atoms with Crippen molar-refractivity contribution in [3.8, 4) is 0 Å². The summed E-state index contributed by atoms with van der Waals surface area (Å²) in [6.45, 7) is 4.74. The van der Waals surface area contributed by atoms with Crippen LogP contribution in [0.3, 0.4) is 0 Å². The molecule has 4 heteroatoms. The van der Waals surface area contributed by atoms with E-state index < -0.39 is 0 Å². The molecular formula is C14H28N2O2. The van der Waals surface area contributed by atoms with Crippen LogP contribution >= 0.6 is 0 Å². The summed E-state index contributed by atoms with van der Waals surface area (Å²) in [5.74, 6) is 0.683. The number of rotatable bonds is 6. The average Bonchev–Trinajstić information content (AvgIpc) is 2.35. The summed E-state index contributed by atoms with van der Waals surface area (Å²) in [6.07, 6.45) is 5.24. The normalized spacial score (nSPS) is 27.6. The van der Waals surface area contributed by atoms with Crippen LogP contribution in [0.1, 0.15) is 46.0 Å². The average molecular weight is 256 g/mol. The molecule has 18 heavy (non-hydrogen) atoms. The van der Waals surface area contributed by atoms with Crippen molar-refractivity contribution in [2.45, 2.75) is 58.0 Å². The van der Waals surface area contributed by atoms with Crippen LogP contribution in [-0.2, 0) is 9.53 Å². The van der Waals surface area contributed by atoms with Gasteiger partial charge in [0.25, 0.3) is 0 Å². The number of hydrogen-bond donors (Lipinski definition) is 2. The quantitative estimate of drug-likeness (QED) is 0.760. The Kier molecular flexibility index (Phi) is 6.65. The molecule has 0 heterocycles. The molecule has 0 aromatic heterocycles. The molecule has 0 bridgehead atoms. The maximum absolute atomic E-state index is 12.1. The Balaban J connectivity index is 2.35. The molecule has 1 rings (SSSR count). The summed E-state index contributed by atoms with van der Waals surface area (Å²) in [5, 5.41) is 3.07. The lowest BCUT2D eigenvalue weighted by atomic mass is 9.78. The Hall–Kier alpha value is -0.610. The summed E-state index contributed by atoms with van der Waals surface area (Å²) >= 11 is 0. The van der Waals surface area contributed by atoms with E-state index in [0.717, 1.165) is 32.1 Å². The fourth-order valence-electron chi connectivity index (χ4n) is 2.68. The van der Waals surface area contributed by atoms with E-state index >= 15 is 0 Å². The van der Waals surface area contributed by atoms with Crippen molar-refractivity contribution in [2.75, 3.05) is 13.7 Å². The smallest absolute Gasteiger partial charge is 0.223 e. The highest BCUT2D eigenvalue weighted by Gasteiger charge is 2.28. The summed E-state index contributed by atoms with van der Waals surface area (Å²) in [5.41, 5.74) is 5.98. The van der Waals surface area contributed by atoms with Crippen LogP contribution in [0.25, 0.3) is 0 Å². The van der Waals surface area contributed by atoms with Crippen molar-refractivity contribution < 1.29 is 9.53 Å². The Morgan fingerprint density at radius 3 is 2.78 bits per heavy atom. The molecule has 4 nitrogen and oxygen atoms in total. The molecule has 3 N–H and O–H groups in total. The Morgan fingerprint density at radius 1 is 1.44 bits per heavy atom. The first-order chi connectivity index (χ1) is 8.54. The Morgan fingerprint density at radius 2 is 2.17 bits per heavy atom. The number of nitrogens with one attached hydrogen (secondary N) is 1. The van der Waals surface area contributed by atoms with Crippen LogP contribution < -0.4 is 11.1 Å². The van der Waals surface area contributed by atoms with E-state index in [1.807, 2.05) is 13.8 Å². The van der Waals surface area contributed by atoms with Gasteiger partial charge >= 0.3 is 0 Å². The van der Waals surface area contributed by atoms with Gasteiger partial charge in [-0.15, -0.1) is 0 Å². The topological polar surface area (TPSA) is 64.3 Å². The number of carbonyl (C=O) groups excluding carboxylic acids is 1. The van der Waals surface area contributed by atoms with Crippen molar-refractivity contribution in [3.63, 3.8) is 0 Å². The van der Waals surface area contributed by atoms with Crippen molar-refractivity contribution in [3.05, 3.63) is 0 Å². The molecule has 4 atom stereocenters. The number of methoxy groups -OCH3 is 1. The summed E-state index contributed by atoms with van der Waals surface area (Å²) in [4.78, 5) is 12.1. The summed E-state index contributed by atoms with van der Waals surface area (Å²) < 4.78 is 5.02. The summed E-state index contributed by atoms with van der Waals surface area (Å²) in [7, 11) is 1.68. The monoisotopic (exact) mass is 256 g/mol. The van der Waals surface area contributed by atoms with Crippen LogP contribution in [0.2, 0.25) is 0 Å². The second kappa shape index (κ2) is 7.74. The highest BCUT2D eigenvalue weighted by Crippen LogP contribution is 2.29. The van der Waals surface area contributed by atoms with E-state index in [4.69, 9.17) is 10.5 Å². The van der Waals surface area contributed by atoms with E-state index in [2.05, 4.69) is 5.32 Å². The largest absolute Gasteiger partial charge is 0.385 e. The van der Waals surface area contributed by atoms with Gasteiger partial charge in [0.05, 0.1) is 0 Å². The van der Waals surface area contributed by atoms with E-state index in [-0.39, 0.29) is 23.9 Å². The standard InChI is InChI=1S/C14H28N2O2/c1-10(7-8-18-3)16-14(17)11(2)12-5-4-6-13(15)9-12/h10-13H,4-9,15H2,1-3H3,(H,16,17). The molecule has 0 aromatic carbocycles. The van der Waals surface area contributed by atoms with Gasteiger partial charge in [-0.3, -0.25) is 4.79 Å². The first kappa shape index (κ1) is 15.4.